The summed E-state index contributed by atoms with van der Waals surface area (Å²) in [6.07, 6.45) is 4.94. The summed E-state index contributed by atoms with van der Waals surface area (Å²) in [5.41, 5.74) is 0.649. The van der Waals surface area contributed by atoms with Crippen LogP contribution in [0.15, 0.2) is 18.5 Å². The maximum atomic E-state index is 10.7. The molecule has 0 fully saturated rings. The SMILES string of the molecule is CC(C)(C=O)Cc1cncc(Cl)c1. The number of carbonyl (C=O) groups excluding carboxylic acids is 1. The van der Waals surface area contributed by atoms with Crippen molar-refractivity contribution in [3.05, 3.63) is 29.0 Å². The Labute approximate surface area is 82.9 Å². The molecule has 3 heteroatoms. The molecule has 0 saturated carbocycles. The van der Waals surface area contributed by atoms with Crippen molar-refractivity contribution >= 4 is 17.9 Å². The molecule has 0 aliphatic rings. The lowest BCUT2D eigenvalue weighted by Gasteiger charge is -2.15. The summed E-state index contributed by atoms with van der Waals surface area (Å²) in [4.78, 5) is 14.6. The fourth-order valence-electron chi connectivity index (χ4n) is 1.12. The molecule has 2 nitrogen and oxygen atoms in total. The van der Waals surface area contributed by atoms with Gasteiger partial charge < -0.3 is 4.79 Å². The summed E-state index contributed by atoms with van der Waals surface area (Å²) in [6, 6.07) is 1.83. The maximum Gasteiger partial charge on any atom is 0.125 e. The van der Waals surface area contributed by atoms with Crippen LogP contribution in [0.4, 0.5) is 0 Å². The maximum absolute atomic E-state index is 10.7. The molecule has 1 heterocycles. The molecule has 0 spiro atoms. The van der Waals surface area contributed by atoms with Crippen LogP contribution in [0.1, 0.15) is 19.4 Å². The van der Waals surface area contributed by atoms with E-state index in [1.54, 1.807) is 12.4 Å². The summed E-state index contributed by atoms with van der Waals surface area (Å²) < 4.78 is 0. The number of hydrogen-bond donors (Lipinski definition) is 0. The van der Waals surface area contributed by atoms with E-state index in [0.29, 0.717) is 11.4 Å². The molecule has 0 aromatic carbocycles. The second-order valence-corrected chi connectivity index (χ2v) is 4.23. The van der Waals surface area contributed by atoms with E-state index in [4.69, 9.17) is 11.6 Å². The first-order chi connectivity index (χ1) is 6.03. The molecule has 0 amide bonds. The van der Waals surface area contributed by atoms with E-state index in [0.717, 1.165) is 11.8 Å². The van der Waals surface area contributed by atoms with Gasteiger partial charge in [0.15, 0.2) is 0 Å². The molecule has 1 aromatic rings. The lowest BCUT2D eigenvalue weighted by molar-refractivity contribution is -0.114. The predicted octanol–water partition coefficient (Wildman–Crippen LogP) is 2.50. The minimum atomic E-state index is -0.341. The molecule has 0 radical (unpaired) electrons. The Morgan fingerprint density at radius 2 is 2.23 bits per heavy atom. The third kappa shape index (κ3) is 3.15. The fraction of sp³-hybridized carbons (Fsp3) is 0.400. The van der Waals surface area contributed by atoms with Crippen LogP contribution in [-0.2, 0) is 11.2 Å². The molecular weight excluding hydrogens is 186 g/mol. The summed E-state index contributed by atoms with van der Waals surface area (Å²) in [5.74, 6) is 0. The molecular formula is C10H12ClNO. The highest BCUT2D eigenvalue weighted by molar-refractivity contribution is 6.30. The van der Waals surface area contributed by atoms with Crippen LogP contribution in [0.5, 0.6) is 0 Å². The zero-order valence-corrected chi connectivity index (χ0v) is 8.51. The van der Waals surface area contributed by atoms with Crippen molar-refractivity contribution in [2.45, 2.75) is 20.3 Å². The van der Waals surface area contributed by atoms with Crippen LogP contribution in [0.25, 0.3) is 0 Å². The number of pyridine rings is 1. The average Bonchev–Trinajstić information content (AvgIpc) is 2.03. The van der Waals surface area contributed by atoms with Crippen molar-refractivity contribution in [2.24, 2.45) is 5.41 Å². The fourth-order valence-corrected chi connectivity index (χ4v) is 1.32. The zero-order valence-electron chi connectivity index (χ0n) is 7.75. The molecule has 1 aromatic heterocycles. The van der Waals surface area contributed by atoms with Gasteiger partial charge in [-0.2, -0.15) is 0 Å². The van der Waals surface area contributed by atoms with Gasteiger partial charge in [-0.05, 0) is 18.1 Å². The zero-order chi connectivity index (χ0) is 9.90. The first-order valence-corrected chi connectivity index (χ1v) is 4.47. The van der Waals surface area contributed by atoms with Crippen molar-refractivity contribution in [3.8, 4) is 0 Å². The number of aldehydes is 1. The van der Waals surface area contributed by atoms with E-state index < -0.39 is 0 Å². The van der Waals surface area contributed by atoms with Gasteiger partial charge in [0.2, 0.25) is 0 Å². The second-order valence-electron chi connectivity index (χ2n) is 3.79. The van der Waals surface area contributed by atoms with Gasteiger partial charge >= 0.3 is 0 Å². The molecule has 70 valence electrons. The summed E-state index contributed by atoms with van der Waals surface area (Å²) >= 11 is 5.77. The molecule has 0 atom stereocenters. The molecule has 0 saturated heterocycles. The van der Waals surface area contributed by atoms with E-state index in [1.807, 2.05) is 19.9 Å². The Morgan fingerprint density at radius 1 is 1.54 bits per heavy atom. The Morgan fingerprint density at radius 3 is 2.77 bits per heavy atom. The van der Waals surface area contributed by atoms with Crippen LogP contribution in [0.2, 0.25) is 5.02 Å². The van der Waals surface area contributed by atoms with Crippen LogP contribution < -0.4 is 0 Å². The lowest BCUT2D eigenvalue weighted by Crippen LogP contribution is -2.16. The summed E-state index contributed by atoms with van der Waals surface area (Å²) in [7, 11) is 0. The van der Waals surface area contributed by atoms with Crippen LogP contribution in [0, 0.1) is 5.41 Å². The quantitative estimate of drug-likeness (QED) is 0.697. The highest BCUT2D eigenvalue weighted by Crippen LogP contribution is 2.20. The third-order valence-corrected chi connectivity index (χ3v) is 1.95. The standard InChI is InChI=1S/C10H12ClNO/c1-10(2,7-13)4-8-3-9(11)6-12-5-8/h3,5-7H,4H2,1-2H3. The molecule has 0 aliphatic heterocycles. The number of aromatic nitrogens is 1. The van der Waals surface area contributed by atoms with Gasteiger partial charge in [0, 0.05) is 17.8 Å². The second kappa shape index (κ2) is 3.88. The van der Waals surface area contributed by atoms with E-state index in [9.17, 15) is 4.79 Å². The van der Waals surface area contributed by atoms with Gasteiger partial charge in [0.25, 0.3) is 0 Å². The number of halogens is 1. The number of nitrogens with zero attached hydrogens (tertiary/aromatic N) is 1. The molecule has 0 N–H and O–H groups in total. The van der Waals surface area contributed by atoms with E-state index in [-0.39, 0.29) is 5.41 Å². The first-order valence-electron chi connectivity index (χ1n) is 4.09. The van der Waals surface area contributed by atoms with Crippen molar-refractivity contribution in [1.29, 1.82) is 0 Å². The number of rotatable bonds is 3. The van der Waals surface area contributed by atoms with Gasteiger partial charge in [0.1, 0.15) is 6.29 Å². The smallest absolute Gasteiger partial charge is 0.125 e. The van der Waals surface area contributed by atoms with E-state index in [1.165, 1.54) is 0 Å². The Bertz CT molecular complexity index is 310. The van der Waals surface area contributed by atoms with Crippen molar-refractivity contribution in [2.75, 3.05) is 0 Å². The lowest BCUT2D eigenvalue weighted by atomic mass is 9.88. The van der Waals surface area contributed by atoms with Crippen LogP contribution >= 0.6 is 11.6 Å². The number of carbonyl (C=O) groups is 1. The van der Waals surface area contributed by atoms with Gasteiger partial charge in [-0.3, -0.25) is 4.98 Å². The Kier molecular flexibility index (Phi) is 3.04. The molecule has 0 bridgehead atoms. The third-order valence-electron chi connectivity index (χ3n) is 1.74. The van der Waals surface area contributed by atoms with Crippen molar-refractivity contribution in [1.82, 2.24) is 4.98 Å². The van der Waals surface area contributed by atoms with Gasteiger partial charge in [-0.1, -0.05) is 25.4 Å². The molecule has 0 aliphatic carbocycles. The molecule has 0 unspecified atom stereocenters. The highest BCUT2D eigenvalue weighted by Gasteiger charge is 2.17. The minimum absolute atomic E-state index is 0.341. The first kappa shape index (κ1) is 10.2. The topological polar surface area (TPSA) is 30.0 Å². The number of hydrogen-bond acceptors (Lipinski definition) is 2. The molecule has 1 rings (SSSR count). The Balaban J connectivity index is 2.80. The van der Waals surface area contributed by atoms with Crippen molar-refractivity contribution < 1.29 is 4.79 Å². The van der Waals surface area contributed by atoms with Crippen molar-refractivity contribution in [3.63, 3.8) is 0 Å². The normalized spacial score (nSPS) is 11.3. The Hall–Kier alpha value is -0.890. The van der Waals surface area contributed by atoms with Crippen LogP contribution in [-0.4, -0.2) is 11.3 Å². The van der Waals surface area contributed by atoms with E-state index in [2.05, 4.69) is 4.98 Å². The minimum Gasteiger partial charge on any atom is -0.303 e. The molecule has 13 heavy (non-hydrogen) atoms. The largest absolute Gasteiger partial charge is 0.303 e. The van der Waals surface area contributed by atoms with E-state index >= 15 is 0 Å². The average molecular weight is 198 g/mol. The van der Waals surface area contributed by atoms with Gasteiger partial charge in [0.05, 0.1) is 5.02 Å². The van der Waals surface area contributed by atoms with Gasteiger partial charge in [-0.15, -0.1) is 0 Å². The van der Waals surface area contributed by atoms with Gasteiger partial charge in [-0.25, -0.2) is 0 Å². The summed E-state index contributed by atoms with van der Waals surface area (Å²) in [5, 5.41) is 0.610. The monoisotopic (exact) mass is 197 g/mol. The van der Waals surface area contributed by atoms with Crippen LogP contribution in [0.3, 0.4) is 0 Å². The highest BCUT2D eigenvalue weighted by atomic mass is 35.5. The predicted molar refractivity (Wildman–Crippen MR) is 52.8 cm³/mol. The summed E-state index contributed by atoms with van der Waals surface area (Å²) in [6.45, 7) is 3.78.